The van der Waals surface area contributed by atoms with E-state index in [0.717, 1.165) is 5.56 Å². The average molecular weight is 249 g/mol. The maximum absolute atomic E-state index is 13.0. The van der Waals surface area contributed by atoms with E-state index in [0.29, 0.717) is 16.1 Å². The van der Waals surface area contributed by atoms with Crippen LogP contribution in [0.15, 0.2) is 42.5 Å². The lowest BCUT2D eigenvalue weighted by atomic mass is 9.99. The first kappa shape index (κ1) is 11.8. The Morgan fingerprint density at radius 2 is 1.94 bits per heavy atom. The molecule has 0 N–H and O–H groups in total. The van der Waals surface area contributed by atoms with Gasteiger partial charge in [0.1, 0.15) is 5.82 Å². The van der Waals surface area contributed by atoms with E-state index in [-0.39, 0.29) is 5.78 Å². The van der Waals surface area contributed by atoms with Crippen molar-refractivity contribution in [1.29, 1.82) is 0 Å². The Morgan fingerprint density at radius 1 is 1.18 bits per heavy atom. The molecule has 0 atom stereocenters. The lowest BCUT2D eigenvalue weighted by Crippen LogP contribution is -2.04. The predicted molar refractivity (Wildman–Crippen MR) is 66.0 cm³/mol. The van der Waals surface area contributed by atoms with Gasteiger partial charge in [0.25, 0.3) is 0 Å². The predicted octanol–water partition coefficient (Wildman–Crippen LogP) is 4.02. The number of carbonyl (C=O) groups is 1. The highest BCUT2D eigenvalue weighted by Gasteiger charge is 2.12. The molecule has 0 radical (unpaired) electrons. The van der Waals surface area contributed by atoms with Gasteiger partial charge in [-0.2, -0.15) is 0 Å². The highest BCUT2D eigenvalue weighted by atomic mass is 35.5. The number of aryl methyl sites for hydroxylation is 1. The maximum Gasteiger partial charge on any atom is 0.193 e. The Hall–Kier alpha value is -1.67. The van der Waals surface area contributed by atoms with Crippen LogP contribution in [0.25, 0.3) is 0 Å². The maximum atomic E-state index is 13.0. The molecule has 0 aliphatic heterocycles. The first-order chi connectivity index (χ1) is 8.08. The van der Waals surface area contributed by atoms with Crippen LogP contribution in [0.3, 0.4) is 0 Å². The third-order valence-corrected chi connectivity index (χ3v) is 2.77. The van der Waals surface area contributed by atoms with E-state index in [2.05, 4.69) is 0 Å². The normalized spacial score (nSPS) is 10.3. The van der Waals surface area contributed by atoms with Crippen LogP contribution in [0.5, 0.6) is 0 Å². The molecule has 0 bridgehead atoms. The number of carbonyl (C=O) groups excluding carboxylic acids is 1. The minimum Gasteiger partial charge on any atom is -0.289 e. The van der Waals surface area contributed by atoms with Gasteiger partial charge in [-0.25, -0.2) is 4.39 Å². The second-order valence-electron chi connectivity index (χ2n) is 3.80. The summed E-state index contributed by atoms with van der Waals surface area (Å²) in [5.41, 5.74) is 1.65. The van der Waals surface area contributed by atoms with Crippen molar-refractivity contribution in [2.45, 2.75) is 6.92 Å². The van der Waals surface area contributed by atoms with Gasteiger partial charge in [-0.05, 0) is 36.8 Å². The van der Waals surface area contributed by atoms with E-state index in [1.54, 1.807) is 24.3 Å². The van der Waals surface area contributed by atoms with Gasteiger partial charge in [-0.3, -0.25) is 4.79 Å². The average Bonchev–Trinajstić information content (AvgIpc) is 2.31. The van der Waals surface area contributed by atoms with Crippen molar-refractivity contribution in [3.05, 3.63) is 70.0 Å². The molecule has 0 aromatic heterocycles. The fourth-order valence-electron chi connectivity index (χ4n) is 1.62. The third-order valence-electron chi connectivity index (χ3n) is 2.53. The minimum atomic E-state index is -0.421. The van der Waals surface area contributed by atoms with E-state index >= 15 is 0 Å². The molecular weight excluding hydrogens is 239 g/mol. The molecule has 2 aromatic carbocycles. The van der Waals surface area contributed by atoms with E-state index in [9.17, 15) is 9.18 Å². The Labute approximate surface area is 104 Å². The summed E-state index contributed by atoms with van der Waals surface area (Å²) in [6.45, 7) is 1.82. The van der Waals surface area contributed by atoms with Gasteiger partial charge in [0.05, 0.1) is 0 Å². The first-order valence-electron chi connectivity index (χ1n) is 5.14. The highest BCUT2D eigenvalue weighted by molar-refractivity contribution is 6.31. The first-order valence-corrected chi connectivity index (χ1v) is 5.52. The number of halogens is 2. The number of benzene rings is 2. The number of hydrogen-bond acceptors (Lipinski definition) is 1. The van der Waals surface area contributed by atoms with E-state index in [4.69, 9.17) is 11.6 Å². The quantitative estimate of drug-likeness (QED) is 0.734. The molecular formula is C14H10ClFO. The van der Waals surface area contributed by atoms with Crippen molar-refractivity contribution < 1.29 is 9.18 Å². The summed E-state index contributed by atoms with van der Waals surface area (Å²) >= 11 is 5.85. The number of hydrogen-bond donors (Lipinski definition) is 0. The van der Waals surface area contributed by atoms with Crippen molar-refractivity contribution in [1.82, 2.24) is 0 Å². The molecule has 3 heteroatoms. The molecule has 0 aliphatic carbocycles. The van der Waals surface area contributed by atoms with Crippen LogP contribution >= 0.6 is 11.6 Å². The molecule has 0 fully saturated rings. The van der Waals surface area contributed by atoms with Gasteiger partial charge in [-0.1, -0.05) is 29.8 Å². The van der Waals surface area contributed by atoms with Crippen LogP contribution in [0.4, 0.5) is 4.39 Å². The molecule has 17 heavy (non-hydrogen) atoms. The highest BCUT2D eigenvalue weighted by Crippen LogP contribution is 2.19. The van der Waals surface area contributed by atoms with Crippen LogP contribution in [-0.4, -0.2) is 5.78 Å². The van der Waals surface area contributed by atoms with Crippen LogP contribution < -0.4 is 0 Å². The lowest BCUT2D eigenvalue weighted by molar-refractivity contribution is 0.103. The number of ketones is 1. The topological polar surface area (TPSA) is 17.1 Å². The summed E-state index contributed by atoms with van der Waals surface area (Å²) in [6.07, 6.45) is 0. The summed E-state index contributed by atoms with van der Waals surface area (Å²) in [5.74, 6) is -0.639. The van der Waals surface area contributed by atoms with Crippen LogP contribution in [0, 0.1) is 12.7 Å². The molecule has 0 aliphatic rings. The summed E-state index contributed by atoms with van der Waals surface area (Å²) in [7, 11) is 0. The molecule has 0 saturated carbocycles. The minimum absolute atomic E-state index is 0.218. The molecule has 1 nitrogen and oxygen atoms in total. The molecule has 0 amide bonds. The Bertz CT molecular complexity index is 578. The Morgan fingerprint density at radius 3 is 2.65 bits per heavy atom. The van der Waals surface area contributed by atoms with E-state index in [1.165, 1.54) is 18.2 Å². The summed E-state index contributed by atoms with van der Waals surface area (Å²) in [5, 5.41) is 0.496. The molecule has 2 rings (SSSR count). The molecule has 86 valence electrons. The summed E-state index contributed by atoms with van der Waals surface area (Å²) < 4.78 is 13.0. The second-order valence-corrected chi connectivity index (χ2v) is 4.24. The Balaban J connectivity index is 2.47. The fourth-order valence-corrected chi connectivity index (χ4v) is 1.80. The van der Waals surface area contributed by atoms with E-state index in [1.807, 2.05) is 6.92 Å². The standard InChI is InChI=1S/C14H10ClFO/c1-9-5-6-11(15)8-13(9)14(17)10-3-2-4-12(16)7-10/h2-8H,1H3. The van der Waals surface area contributed by atoms with Crippen molar-refractivity contribution in [2.24, 2.45) is 0 Å². The van der Waals surface area contributed by atoms with Crippen molar-refractivity contribution >= 4 is 17.4 Å². The largest absolute Gasteiger partial charge is 0.289 e. The van der Waals surface area contributed by atoms with Gasteiger partial charge in [-0.15, -0.1) is 0 Å². The zero-order valence-corrected chi connectivity index (χ0v) is 9.96. The SMILES string of the molecule is Cc1ccc(Cl)cc1C(=O)c1cccc(F)c1. The molecule has 0 spiro atoms. The van der Waals surface area contributed by atoms with Gasteiger partial charge in [0, 0.05) is 16.1 Å². The van der Waals surface area contributed by atoms with Crippen molar-refractivity contribution in [2.75, 3.05) is 0 Å². The fraction of sp³-hybridized carbons (Fsp3) is 0.0714. The molecule has 0 saturated heterocycles. The smallest absolute Gasteiger partial charge is 0.193 e. The zero-order valence-electron chi connectivity index (χ0n) is 9.21. The van der Waals surface area contributed by atoms with Gasteiger partial charge < -0.3 is 0 Å². The zero-order chi connectivity index (χ0) is 12.4. The van der Waals surface area contributed by atoms with Crippen LogP contribution in [0.2, 0.25) is 5.02 Å². The Kier molecular flexibility index (Phi) is 3.25. The molecule has 0 unspecified atom stereocenters. The van der Waals surface area contributed by atoms with Gasteiger partial charge >= 0.3 is 0 Å². The summed E-state index contributed by atoms with van der Waals surface area (Å²) in [6, 6.07) is 10.7. The van der Waals surface area contributed by atoms with Crippen LogP contribution in [0.1, 0.15) is 21.5 Å². The third kappa shape index (κ3) is 2.53. The molecule has 0 heterocycles. The van der Waals surface area contributed by atoms with Crippen LogP contribution in [-0.2, 0) is 0 Å². The van der Waals surface area contributed by atoms with Gasteiger partial charge in [0.15, 0.2) is 5.78 Å². The molecule has 2 aromatic rings. The van der Waals surface area contributed by atoms with Gasteiger partial charge in [0.2, 0.25) is 0 Å². The summed E-state index contributed by atoms with van der Waals surface area (Å²) in [4.78, 5) is 12.1. The second kappa shape index (κ2) is 4.68. The monoisotopic (exact) mass is 248 g/mol. The number of rotatable bonds is 2. The van der Waals surface area contributed by atoms with Crippen molar-refractivity contribution in [3.8, 4) is 0 Å². The van der Waals surface area contributed by atoms with Crippen molar-refractivity contribution in [3.63, 3.8) is 0 Å². The van der Waals surface area contributed by atoms with E-state index < -0.39 is 5.82 Å². The lowest BCUT2D eigenvalue weighted by Gasteiger charge is -2.05.